The molecule has 0 bridgehead atoms. The van der Waals surface area contributed by atoms with Crippen LogP contribution in [0.1, 0.15) is 25.3 Å². The molecule has 0 aliphatic carbocycles. The van der Waals surface area contributed by atoms with Crippen molar-refractivity contribution in [3.8, 4) is 0 Å². The van der Waals surface area contributed by atoms with E-state index in [1.807, 2.05) is 30.3 Å². The van der Waals surface area contributed by atoms with Crippen LogP contribution in [0.4, 0.5) is 0 Å². The number of piperidine rings is 1. The van der Waals surface area contributed by atoms with Crippen LogP contribution in [0.3, 0.4) is 0 Å². The maximum Gasteiger partial charge on any atom is 0.225 e. The first-order chi connectivity index (χ1) is 11.1. The largest absolute Gasteiger partial charge is 0.352 e. The number of likely N-dealkylation sites (tertiary alicyclic amines) is 1. The van der Waals surface area contributed by atoms with Gasteiger partial charge in [-0.3, -0.25) is 9.59 Å². The van der Waals surface area contributed by atoms with Crippen molar-refractivity contribution in [2.45, 2.75) is 32.4 Å². The van der Waals surface area contributed by atoms with Crippen LogP contribution in [0.25, 0.3) is 0 Å². The fraction of sp³-hybridized carbons (Fsp3) is 0.556. The van der Waals surface area contributed by atoms with Crippen LogP contribution >= 0.6 is 0 Å². The quantitative estimate of drug-likeness (QED) is 0.876. The number of hydrogen-bond donors (Lipinski definition) is 2. The third-order valence-corrected chi connectivity index (χ3v) is 4.96. The van der Waals surface area contributed by atoms with Crippen molar-refractivity contribution in [1.29, 1.82) is 0 Å². The smallest absolute Gasteiger partial charge is 0.225 e. The number of nitrogens with one attached hydrogen (secondary N) is 2. The molecule has 0 radical (unpaired) electrons. The van der Waals surface area contributed by atoms with Crippen molar-refractivity contribution in [2.75, 3.05) is 19.6 Å². The molecule has 2 heterocycles. The molecule has 0 aromatic heterocycles. The number of carbonyl (C=O) groups is 2. The number of carbonyl (C=O) groups excluding carboxylic acids is 2. The highest BCUT2D eigenvalue weighted by Gasteiger charge is 2.35. The fourth-order valence-electron chi connectivity index (χ4n) is 3.39. The van der Waals surface area contributed by atoms with Gasteiger partial charge in [0.25, 0.3) is 0 Å². The van der Waals surface area contributed by atoms with E-state index in [0.29, 0.717) is 25.4 Å². The molecule has 1 aromatic rings. The van der Waals surface area contributed by atoms with E-state index >= 15 is 0 Å². The first-order valence-corrected chi connectivity index (χ1v) is 8.46. The zero-order valence-electron chi connectivity index (χ0n) is 13.6. The number of benzene rings is 1. The molecule has 2 N–H and O–H groups in total. The maximum atomic E-state index is 12.5. The first kappa shape index (κ1) is 16.0. The molecule has 5 heteroatoms. The second kappa shape index (κ2) is 7.13. The van der Waals surface area contributed by atoms with Crippen molar-refractivity contribution >= 4 is 11.8 Å². The Morgan fingerprint density at radius 1 is 1.35 bits per heavy atom. The predicted molar refractivity (Wildman–Crippen MR) is 88.5 cm³/mol. The summed E-state index contributed by atoms with van der Waals surface area (Å²) < 4.78 is 0. The third-order valence-electron chi connectivity index (χ3n) is 4.96. The van der Waals surface area contributed by atoms with Crippen LogP contribution in [0.2, 0.25) is 0 Å². The molecule has 124 valence electrons. The van der Waals surface area contributed by atoms with Crippen molar-refractivity contribution < 1.29 is 9.59 Å². The topological polar surface area (TPSA) is 61.4 Å². The van der Waals surface area contributed by atoms with E-state index in [1.165, 1.54) is 0 Å². The summed E-state index contributed by atoms with van der Waals surface area (Å²) in [6, 6.07) is 10.1. The van der Waals surface area contributed by atoms with Gasteiger partial charge < -0.3 is 15.5 Å². The highest BCUT2D eigenvalue weighted by Crippen LogP contribution is 2.21. The molecule has 3 rings (SSSR count). The highest BCUT2D eigenvalue weighted by molar-refractivity contribution is 5.89. The Hall–Kier alpha value is -1.88. The lowest BCUT2D eigenvalue weighted by Gasteiger charge is -2.31. The summed E-state index contributed by atoms with van der Waals surface area (Å²) in [7, 11) is 0. The minimum atomic E-state index is -0.222. The van der Waals surface area contributed by atoms with Crippen LogP contribution in [0, 0.1) is 11.8 Å². The van der Waals surface area contributed by atoms with Crippen LogP contribution < -0.4 is 10.6 Å². The molecule has 2 amide bonds. The molecule has 3 atom stereocenters. The molecular formula is C18H25N3O2. The maximum absolute atomic E-state index is 12.5. The van der Waals surface area contributed by atoms with Crippen LogP contribution in [-0.4, -0.2) is 42.4 Å². The Morgan fingerprint density at radius 3 is 2.87 bits per heavy atom. The van der Waals surface area contributed by atoms with Gasteiger partial charge in [0.05, 0.1) is 5.92 Å². The Balaban J connectivity index is 1.55. The summed E-state index contributed by atoms with van der Waals surface area (Å²) in [5.41, 5.74) is 1.10. The van der Waals surface area contributed by atoms with Gasteiger partial charge in [0.1, 0.15) is 0 Å². The molecule has 2 aliphatic rings. The Kier molecular flexibility index (Phi) is 4.96. The zero-order valence-corrected chi connectivity index (χ0v) is 13.6. The summed E-state index contributed by atoms with van der Waals surface area (Å²) in [6.45, 7) is 5.12. The molecule has 0 spiro atoms. The lowest BCUT2D eigenvalue weighted by molar-refractivity contribution is -0.129. The second-order valence-electron chi connectivity index (χ2n) is 6.75. The normalized spacial score (nSPS) is 28.0. The third kappa shape index (κ3) is 3.91. The average molecular weight is 315 g/mol. The van der Waals surface area contributed by atoms with Gasteiger partial charge in [0.2, 0.25) is 11.8 Å². The van der Waals surface area contributed by atoms with Gasteiger partial charge in [-0.05, 0) is 24.4 Å². The number of nitrogens with zero attached hydrogens (tertiary/aromatic N) is 1. The molecule has 3 unspecified atom stereocenters. The number of hydrogen-bond acceptors (Lipinski definition) is 3. The summed E-state index contributed by atoms with van der Waals surface area (Å²) in [5.74, 6) is 0.358. The van der Waals surface area contributed by atoms with Crippen LogP contribution in [0.5, 0.6) is 0 Å². The van der Waals surface area contributed by atoms with E-state index in [-0.39, 0.29) is 23.8 Å². The van der Waals surface area contributed by atoms with Crippen molar-refractivity contribution in [1.82, 2.24) is 15.5 Å². The second-order valence-corrected chi connectivity index (χ2v) is 6.75. The fourth-order valence-corrected chi connectivity index (χ4v) is 3.39. The van der Waals surface area contributed by atoms with Crippen molar-refractivity contribution in [2.24, 2.45) is 11.8 Å². The molecule has 2 fully saturated rings. The molecule has 23 heavy (non-hydrogen) atoms. The van der Waals surface area contributed by atoms with Crippen molar-refractivity contribution in [3.05, 3.63) is 35.9 Å². The van der Waals surface area contributed by atoms with E-state index in [1.54, 1.807) is 4.90 Å². The Labute approximate surface area is 137 Å². The summed E-state index contributed by atoms with van der Waals surface area (Å²) in [6.07, 6.45) is 1.40. The average Bonchev–Trinajstić information content (AvgIpc) is 2.92. The standard InChI is InChI=1S/C18H25N3O2/c1-13-7-8-19-10-16(13)20-18(23)15-9-17(22)21(12-15)11-14-5-3-2-4-6-14/h2-6,13,15-16,19H,7-12H2,1H3,(H,20,23). The Bertz CT molecular complexity index is 561. The minimum Gasteiger partial charge on any atom is -0.352 e. The molecule has 1 aromatic carbocycles. The summed E-state index contributed by atoms with van der Waals surface area (Å²) in [5, 5.41) is 6.45. The monoisotopic (exact) mass is 315 g/mol. The first-order valence-electron chi connectivity index (χ1n) is 8.46. The van der Waals surface area contributed by atoms with E-state index in [9.17, 15) is 9.59 Å². The molecule has 2 saturated heterocycles. The van der Waals surface area contributed by atoms with E-state index in [2.05, 4.69) is 17.6 Å². The SMILES string of the molecule is CC1CCNCC1NC(=O)C1CC(=O)N(Cc2ccccc2)C1. The molecule has 2 aliphatic heterocycles. The van der Waals surface area contributed by atoms with Gasteiger partial charge in [-0.15, -0.1) is 0 Å². The van der Waals surface area contributed by atoms with Crippen LogP contribution in [0.15, 0.2) is 30.3 Å². The van der Waals surface area contributed by atoms with Gasteiger partial charge in [0.15, 0.2) is 0 Å². The summed E-state index contributed by atoms with van der Waals surface area (Å²) in [4.78, 5) is 26.5. The lowest BCUT2D eigenvalue weighted by Crippen LogP contribution is -2.51. The van der Waals surface area contributed by atoms with E-state index in [0.717, 1.165) is 25.1 Å². The van der Waals surface area contributed by atoms with Gasteiger partial charge in [-0.2, -0.15) is 0 Å². The van der Waals surface area contributed by atoms with Gasteiger partial charge in [-0.25, -0.2) is 0 Å². The minimum absolute atomic E-state index is 0.0226. The number of amides is 2. The molecule has 5 nitrogen and oxygen atoms in total. The zero-order chi connectivity index (χ0) is 16.2. The van der Waals surface area contributed by atoms with Crippen LogP contribution in [-0.2, 0) is 16.1 Å². The molecular weight excluding hydrogens is 290 g/mol. The van der Waals surface area contributed by atoms with Gasteiger partial charge in [0, 0.05) is 32.1 Å². The van der Waals surface area contributed by atoms with Crippen molar-refractivity contribution in [3.63, 3.8) is 0 Å². The summed E-state index contributed by atoms with van der Waals surface area (Å²) >= 11 is 0. The van der Waals surface area contributed by atoms with E-state index < -0.39 is 0 Å². The molecule has 0 saturated carbocycles. The lowest BCUT2D eigenvalue weighted by atomic mass is 9.94. The van der Waals surface area contributed by atoms with Gasteiger partial charge >= 0.3 is 0 Å². The number of rotatable bonds is 4. The van der Waals surface area contributed by atoms with E-state index in [4.69, 9.17) is 0 Å². The Morgan fingerprint density at radius 2 is 2.13 bits per heavy atom. The van der Waals surface area contributed by atoms with Gasteiger partial charge in [-0.1, -0.05) is 37.3 Å². The predicted octanol–water partition coefficient (Wildman–Crippen LogP) is 1.15. The highest BCUT2D eigenvalue weighted by atomic mass is 16.2.